The summed E-state index contributed by atoms with van der Waals surface area (Å²) in [7, 11) is -3.65. The minimum absolute atomic E-state index is 0.0666. The smallest absolute Gasteiger partial charge is 0.247 e. The van der Waals surface area contributed by atoms with Gasteiger partial charge < -0.3 is 5.11 Å². The molecule has 0 saturated heterocycles. The molecule has 0 amide bonds. The normalized spacial score (nSPS) is 11.7. The van der Waals surface area contributed by atoms with Crippen LogP contribution in [-0.2, 0) is 10.0 Å². The molecule has 17 heavy (non-hydrogen) atoms. The molecule has 4 nitrogen and oxygen atoms in total. The molecule has 0 atom stereocenters. The van der Waals surface area contributed by atoms with E-state index in [0.717, 1.165) is 5.57 Å². The number of hydrogen-bond acceptors (Lipinski definition) is 3. The summed E-state index contributed by atoms with van der Waals surface area (Å²) >= 11 is 0. The van der Waals surface area contributed by atoms with Gasteiger partial charge in [0.25, 0.3) is 0 Å². The van der Waals surface area contributed by atoms with Gasteiger partial charge in [-0.3, -0.25) is 0 Å². The molecular formula is C12H17NO3S. The Labute approximate surface area is 102 Å². The van der Waals surface area contributed by atoms with Crippen molar-refractivity contribution in [2.24, 2.45) is 0 Å². The van der Waals surface area contributed by atoms with Crippen LogP contribution >= 0.6 is 0 Å². The van der Waals surface area contributed by atoms with E-state index < -0.39 is 10.0 Å². The zero-order chi connectivity index (χ0) is 13.1. The Balaban J connectivity index is 3.18. The third kappa shape index (κ3) is 3.08. The number of sulfonamides is 1. The quantitative estimate of drug-likeness (QED) is 0.818. The first-order valence-corrected chi connectivity index (χ1v) is 6.76. The number of phenols is 1. The molecule has 5 heteroatoms. The predicted octanol–water partition coefficient (Wildman–Crippen LogP) is 1.98. The average Bonchev–Trinajstić information content (AvgIpc) is 2.25. The fraction of sp³-hybridized carbons (Fsp3) is 0.333. The number of hydrogen-bond donors (Lipinski definition) is 1. The van der Waals surface area contributed by atoms with Crippen molar-refractivity contribution in [1.29, 1.82) is 0 Å². The summed E-state index contributed by atoms with van der Waals surface area (Å²) in [5.41, 5.74) is 0.755. The van der Waals surface area contributed by atoms with Crippen LogP contribution in [0.1, 0.15) is 13.8 Å². The molecule has 0 spiro atoms. The van der Waals surface area contributed by atoms with Crippen LogP contribution in [0.15, 0.2) is 41.3 Å². The first-order valence-electron chi connectivity index (χ1n) is 5.32. The molecule has 1 aromatic rings. The summed E-state index contributed by atoms with van der Waals surface area (Å²) in [6, 6.07) is 5.93. The average molecular weight is 255 g/mol. The number of benzene rings is 1. The van der Waals surface area contributed by atoms with Crippen molar-refractivity contribution in [3.63, 3.8) is 0 Å². The highest BCUT2D eigenvalue weighted by molar-refractivity contribution is 7.89. The maximum absolute atomic E-state index is 12.2. The van der Waals surface area contributed by atoms with Crippen molar-refractivity contribution in [2.75, 3.05) is 13.1 Å². The summed E-state index contributed by atoms with van der Waals surface area (Å²) in [5.74, 6) is -0.229. The number of rotatable bonds is 5. The van der Waals surface area contributed by atoms with E-state index in [0.29, 0.717) is 6.54 Å². The molecule has 0 aliphatic heterocycles. The molecule has 0 saturated carbocycles. The van der Waals surface area contributed by atoms with Gasteiger partial charge in [0.2, 0.25) is 10.0 Å². The fourth-order valence-electron chi connectivity index (χ4n) is 1.48. The van der Waals surface area contributed by atoms with E-state index in [1.54, 1.807) is 26.0 Å². The van der Waals surface area contributed by atoms with Gasteiger partial charge in [-0.15, -0.1) is 0 Å². The second kappa shape index (κ2) is 5.33. The van der Waals surface area contributed by atoms with E-state index in [1.807, 2.05) is 0 Å². The van der Waals surface area contributed by atoms with Gasteiger partial charge in [0.05, 0.1) is 0 Å². The molecule has 0 unspecified atom stereocenters. The van der Waals surface area contributed by atoms with Gasteiger partial charge in [0, 0.05) is 13.1 Å². The second-order valence-electron chi connectivity index (χ2n) is 3.86. The Kier molecular flexibility index (Phi) is 4.31. The van der Waals surface area contributed by atoms with Gasteiger partial charge in [0.15, 0.2) is 0 Å². The van der Waals surface area contributed by atoms with Gasteiger partial charge in [-0.05, 0) is 19.1 Å². The highest BCUT2D eigenvalue weighted by atomic mass is 32.2. The topological polar surface area (TPSA) is 57.6 Å². The van der Waals surface area contributed by atoms with Crippen LogP contribution in [0.4, 0.5) is 0 Å². The lowest BCUT2D eigenvalue weighted by molar-refractivity contribution is 0.433. The van der Waals surface area contributed by atoms with Crippen LogP contribution in [-0.4, -0.2) is 30.9 Å². The van der Waals surface area contributed by atoms with Crippen LogP contribution in [0.2, 0.25) is 0 Å². The van der Waals surface area contributed by atoms with Gasteiger partial charge in [-0.2, -0.15) is 4.31 Å². The van der Waals surface area contributed by atoms with Crippen molar-refractivity contribution in [3.8, 4) is 5.75 Å². The number of aromatic hydroxyl groups is 1. The van der Waals surface area contributed by atoms with Crippen LogP contribution in [0, 0.1) is 0 Å². The van der Waals surface area contributed by atoms with Crippen LogP contribution in [0.25, 0.3) is 0 Å². The fourth-order valence-corrected chi connectivity index (χ4v) is 3.07. The van der Waals surface area contributed by atoms with E-state index in [4.69, 9.17) is 0 Å². The monoisotopic (exact) mass is 255 g/mol. The third-order valence-corrected chi connectivity index (χ3v) is 4.25. The molecule has 0 fully saturated rings. The van der Waals surface area contributed by atoms with Crippen LogP contribution in [0.3, 0.4) is 0 Å². The molecule has 0 aliphatic carbocycles. The molecule has 94 valence electrons. The summed E-state index contributed by atoms with van der Waals surface area (Å²) in [4.78, 5) is -0.0666. The maximum Gasteiger partial charge on any atom is 0.247 e. The SMILES string of the molecule is C=C(C)CN(CC)S(=O)(=O)c1ccccc1O. The summed E-state index contributed by atoms with van der Waals surface area (Å²) < 4.78 is 25.8. The first kappa shape index (κ1) is 13.7. The lowest BCUT2D eigenvalue weighted by Gasteiger charge is -2.20. The number of phenolic OH excluding ortho intramolecular Hbond substituents is 1. The maximum atomic E-state index is 12.2. The van der Waals surface area contributed by atoms with Crippen molar-refractivity contribution in [1.82, 2.24) is 4.31 Å². The van der Waals surface area contributed by atoms with E-state index in [1.165, 1.54) is 16.4 Å². The Morgan fingerprint density at radius 3 is 2.47 bits per heavy atom. The zero-order valence-electron chi connectivity index (χ0n) is 10.0. The van der Waals surface area contributed by atoms with Crippen molar-refractivity contribution in [2.45, 2.75) is 18.7 Å². The first-order chi connectivity index (χ1) is 7.89. The molecule has 1 rings (SSSR count). The lowest BCUT2D eigenvalue weighted by atomic mass is 10.3. The molecule has 0 heterocycles. The minimum Gasteiger partial charge on any atom is -0.507 e. The van der Waals surface area contributed by atoms with Gasteiger partial charge in [-0.25, -0.2) is 8.42 Å². The second-order valence-corrected chi connectivity index (χ2v) is 5.76. The summed E-state index contributed by atoms with van der Waals surface area (Å²) in [5, 5.41) is 9.60. The molecule has 1 N–H and O–H groups in total. The van der Waals surface area contributed by atoms with Crippen molar-refractivity contribution < 1.29 is 13.5 Å². The lowest BCUT2D eigenvalue weighted by Crippen LogP contribution is -2.32. The number of likely N-dealkylation sites (N-methyl/N-ethyl adjacent to an activating group) is 1. The van der Waals surface area contributed by atoms with Crippen molar-refractivity contribution in [3.05, 3.63) is 36.4 Å². The summed E-state index contributed by atoms with van der Waals surface area (Å²) in [6.07, 6.45) is 0. The van der Waals surface area contributed by atoms with E-state index in [9.17, 15) is 13.5 Å². The number of nitrogens with zero attached hydrogens (tertiary/aromatic N) is 1. The Bertz CT molecular complexity index is 508. The van der Waals surface area contributed by atoms with Gasteiger partial charge in [0.1, 0.15) is 10.6 Å². The molecule has 0 aliphatic rings. The molecule has 1 aromatic carbocycles. The van der Waals surface area contributed by atoms with E-state index in [2.05, 4.69) is 6.58 Å². The van der Waals surface area contributed by atoms with Crippen molar-refractivity contribution >= 4 is 10.0 Å². The minimum atomic E-state index is -3.65. The molecule has 0 aromatic heterocycles. The standard InChI is InChI=1S/C12H17NO3S/c1-4-13(9-10(2)3)17(15,16)12-8-6-5-7-11(12)14/h5-8,14H,2,4,9H2,1,3H3. The molecule has 0 bridgehead atoms. The Hall–Kier alpha value is -1.33. The van der Waals surface area contributed by atoms with E-state index in [-0.39, 0.29) is 17.2 Å². The zero-order valence-corrected chi connectivity index (χ0v) is 10.9. The molecule has 0 radical (unpaired) electrons. The van der Waals surface area contributed by atoms with E-state index >= 15 is 0 Å². The van der Waals surface area contributed by atoms with Gasteiger partial charge >= 0.3 is 0 Å². The van der Waals surface area contributed by atoms with Gasteiger partial charge in [-0.1, -0.05) is 31.2 Å². The largest absolute Gasteiger partial charge is 0.507 e. The predicted molar refractivity (Wildman–Crippen MR) is 67.4 cm³/mol. The highest BCUT2D eigenvalue weighted by Gasteiger charge is 2.25. The third-order valence-electron chi connectivity index (χ3n) is 2.28. The Morgan fingerprint density at radius 2 is 2.00 bits per heavy atom. The van der Waals surface area contributed by atoms with Crippen LogP contribution in [0.5, 0.6) is 5.75 Å². The Morgan fingerprint density at radius 1 is 1.41 bits per heavy atom. The van der Waals surface area contributed by atoms with Crippen LogP contribution < -0.4 is 0 Å². The molecular weight excluding hydrogens is 238 g/mol. The number of para-hydroxylation sites is 1. The summed E-state index contributed by atoms with van der Waals surface area (Å²) in [6.45, 7) is 7.82. The highest BCUT2D eigenvalue weighted by Crippen LogP contribution is 2.25.